The fourth-order valence-corrected chi connectivity index (χ4v) is 3.73. The number of hydrogen-bond donors (Lipinski definition) is 3. The number of carbonyl (C=O) groups is 1. The van der Waals surface area contributed by atoms with Crippen LogP contribution in [0.5, 0.6) is 0 Å². The van der Waals surface area contributed by atoms with Crippen LogP contribution in [0.25, 0.3) is 0 Å². The van der Waals surface area contributed by atoms with Crippen LogP contribution < -0.4 is 4.72 Å². The second-order valence-corrected chi connectivity index (χ2v) is 6.73. The summed E-state index contributed by atoms with van der Waals surface area (Å²) in [6, 6.07) is 5.81. The van der Waals surface area contributed by atoms with E-state index in [0.29, 0.717) is 18.4 Å². The number of sulfonamides is 1. The molecule has 7 heteroatoms. The summed E-state index contributed by atoms with van der Waals surface area (Å²) in [5, 5.41) is 18.3. The zero-order chi connectivity index (χ0) is 16.1. The first kappa shape index (κ1) is 17.6. The van der Waals surface area contributed by atoms with Gasteiger partial charge in [-0.2, -0.15) is 0 Å². The van der Waals surface area contributed by atoms with Gasteiger partial charge < -0.3 is 10.2 Å². The summed E-state index contributed by atoms with van der Waals surface area (Å²) in [6.07, 6.45) is 0.933. The standard InChI is InChI=1S/C14H21NO5S/c1-3-14(4-2,10-16)15-21(19,20)9-11-6-5-7-12(8-11)13(17)18/h5-8,15-16H,3-4,9-10H2,1-2H3,(H,17,18). The minimum absolute atomic E-state index is 0.0436. The van der Waals surface area contributed by atoms with E-state index in [4.69, 9.17) is 5.11 Å². The highest BCUT2D eigenvalue weighted by Crippen LogP contribution is 2.17. The van der Waals surface area contributed by atoms with Crippen LogP contribution in [0.15, 0.2) is 24.3 Å². The maximum absolute atomic E-state index is 12.2. The molecule has 0 saturated carbocycles. The van der Waals surface area contributed by atoms with Gasteiger partial charge >= 0.3 is 5.97 Å². The van der Waals surface area contributed by atoms with E-state index in [1.54, 1.807) is 19.9 Å². The second-order valence-electron chi connectivity index (χ2n) is 5.01. The van der Waals surface area contributed by atoms with Crippen molar-refractivity contribution in [3.63, 3.8) is 0 Å². The van der Waals surface area contributed by atoms with Crippen molar-refractivity contribution in [2.24, 2.45) is 0 Å². The fraction of sp³-hybridized carbons (Fsp3) is 0.500. The van der Waals surface area contributed by atoms with E-state index < -0.39 is 21.5 Å². The van der Waals surface area contributed by atoms with Crippen LogP contribution in [-0.4, -0.2) is 36.7 Å². The Hall–Kier alpha value is -1.44. The van der Waals surface area contributed by atoms with E-state index in [2.05, 4.69) is 4.72 Å². The van der Waals surface area contributed by atoms with Crippen molar-refractivity contribution in [2.75, 3.05) is 6.61 Å². The molecule has 0 amide bonds. The fourth-order valence-electron chi connectivity index (χ4n) is 2.03. The first-order chi connectivity index (χ1) is 9.77. The normalized spacial score (nSPS) is 12.3. The number of carboxylic acids is 1. The predicted molar refractivity (Wildman–Crippen MR) is 79.6 cm³/mol. The highest BCUT2D eigenvalue weighted by molar-refractivity contribution is 7.88. The topological polar surface area (TPSA) is 104 Å². The molecule has 118 valence electrons. The Balaban J connectivity index is 2.95. The van der Waals surface area contributed by atoms with E-state index >= 15 is 0 Å². The molecule has 0 aromatic heterocycles. The molecule has 0 atom stereocenters. The third-order valence-electron chi connectivity index (χ3n) is 3.56. The summed E-state index contributed by atoms with van der Waals surface area (Å²) < 4.78 is 26.9. The van der Waals surface area contributed by atoms with E-state index in [1.807, 2.05) is 0 Å². The first-order valence-corrected chi connectivity index (χ1v) is 8.37. The van der Waals surface area contributed by atoms with Gasteiger partial charge in [-0.15, -0.1) is 0 Å². The highest BCUT2D eigenvalue weighted by Gasteiger charge is 2.30. The van der Waals surface area contributed by atoms with E-state index in [0.717, 1.165) is 0 Å². The molecular weight excluding hydrogens is 294 g/mol. The zero-order valence-corrected chi connectivity index (χ0v) is 13.0. The number of nitrogens with one attached hydrogen (secondary N) is 1. The molecule has 0 bridgehead atoms. The Morgan fingerprint density at radius 2 is 1.90 bits per heavy atom. The van der Waals surface area contributed by atoms with E-state index in [1.165, 1.54) is 18.2 Å². The van der Waals surface area contributed by atoms with Crippen molar-refractivity contribution in [3.8, 4) is 0 Å². The van der Waals surface area contributed by atoms with Crippen molar-refractivity contribution >= 4 is 16.0 Å². The molecule has 0 aliphatic heterocycles. The molecular formula is C14H21NO5S. The number of aromatic carboxylic acids is 1. The van der Waals surface area contributed by atoms with Crippen molar-refractivity contribution in [3.05, 3.63) is 35.4 Å². The van der Waals surface area contributed by atoms with Gasteiger partial charge in [0.25, 0.3) is 0 Å². The Morgan fingerprint density at radius 3 is 2.38 bits per heavy atom. The average Bonchev–Trinajstić information content (AvgIpc) is 2.44. The number of carboxylic acid groups (broad SMARTS) is 1. The Morgan fingerprint density at radius 1 is 1.29 bits per heavy atom. The van der Waals surface area contributed by atoms with Gasteiger partial charge in [-0.25, -0.2) is 17.9 Å². The summed E-state index contributed by atoms with van der Waals surface area (Å²) >= 11 is 0. The Labute approximate surface area is 124 Å². The van der Waals surface area contributed by atoms with Crippen molar-refractivity contribution < 1.29 is 23.4 Å². The largest absolute Gasteiger partial charge is 0.478 e. The molecule has 0 aliphatic carbocycles. The Kier molecular flexibility index (Phi) is 5.88. The Bertz CT molecular complexity index is 585. The monoisotopic (exact) mass is 315 g/mol. The third-order valence-corrected chi connectivity index (χ3v) is 5.02. The lowest BCUT2D eigenvalue weighted by Gasteiger charge is -2.30. The molecule has 1 aromatic carbocycles. The number of benzene rings is 1. The quantitative estimate of drug-likeness (QED) is 0.672. The molecule has 21 heavy (non-hydrogen) atoms. The molecule has 3 N–H and O–H groups in total. The summed E-state index contributed by atoms with van der Waals surface area (Å²) in [5.41, 5.74) is -0.438. The smallest absolute Gasteiger partial charge is 0.335 e. The van der Waals surface area contributed by atoms with E-state index in [9.17, 15) is 18.3 Å². The van der Waals surface area contributed by atoms with Crippen LogP contribution >= 0.6 is 0 Å². The van der Waals surface area contributed by atoms with Gasteiger partial charge in [0, 0.05) is 0 Å². The van der Waals surface area contributed by atoms with Gasteiger partial charge in [0.1, 0.15) is 0 Å². The van der Waals surface area contributed by atoms with Crippen LogP contribution in [-0.2, 0) is 15.8 Å². The van der Waals surface area contributed by atoms with Crippen LogP contribution in [0, 0.1) is 0 Å². The van der Waals surface area contributed by atoms with Gasteiger partial charge in [0.05, 0.1) is 23.5 Å². The molecule has 0 saturated heterocycles. The van der Waals surface area contributed by atoms with Gasteiger partial charge in [-0.05, 0) is 30.5 Å². The van der Waals surface area contributed by atoms with E-state index in [-0.39, 0.29) is 17.9 Å². The summed E-state index contributed by atoms with van der Waals surface area (Å²) in [4.78, 5) is 10.9. The van der Waals surface area contributed by atoms with Crippen molar-refractivity contribution in [1.29, 1.82) is 0 Å². The van der Waals surface area contributed by atoms with Crippen LogP contribution in [0.3, 0.4) is 0 Å². The predicted octanol–water partition coefficient (Wildman–Crippen LogP) is 1.36. The maximum Gasteiger partial charge on any atom is 0.335 e. The molecule has 6 nitrogen and oxygen atoms in total. The number of hydrogen-bond acceptors (Lipinski definition) is 4. The van der Waals surface area contributed by atoms with Gasteiger partial charge in [0.2, 0.25) is 10.0 Å². The average molecular weight is 315 g/mol. The summed E-state index contributed by atoms with van der Waals surface area (Å²) in [6.45, 7) is 3.31. The third kappa shape index (κ3) is 4.80. The SMILES string of the molecule is CCC(CC)(CO)NS(=O)(=O)Cc1cccc(C(=O)O)c1. The minimum atomic E-state index is -3.67. The zero-order valence-electron chi connectivity index (χ0n) is 12.2. The maximum atomic E-state index is 12.2. The number of aliphatic hydroxyl groups excluding tert-OH is 1. The molecule has 1 aromatic rings. The molecule has 1 rings (SSSR count). The van der Waals surface area contributed by atoms with Gasteiger partial charge in [-0.1, -0.05) is 26.0 Å². The lowest BCUT2D eigenvalue weighted by Crippen LogP contribution is -2.50. The highest BCUT2D eigenvalue weighted by atomic mass is 32.2. The van der Waals surface area contributed by atoms with Gasteiger partial charge in [0.15, 0.2) is 0 Å². The number of aliphatic hydroxyl groups is 1. The van der Waals surface area contributed by atoms with Crippen molar-refractivity contribution in [2.45, 2.75) is 38.0 Å². The molecule has 0 heterocycles. The van der Waals surface area contributed by atoms with Gasteiger partial charge in [-0.3, -0.25) is 0 Å². The molecule has 0 radical (unpaired) electrons. The van der Waals surface area contributed by atoms with Crippen molar-refractivity contribution in [1.82, 2.24) is 4.72 Å². The molecule has 0 spiro atoms. The number of rotatable bonds is 8. The minimum Gasteiger partial charge on any atom is -0.478 e. The second kappa shape index (κ2) is 7.02. The van der Waals surface area contributed by atoms with Crippen LogP contribution in [0.1, 0.15) is 42.6 Å². The van der Waals surface area contributed by atoms with Crippen LogP contribution in [0.2, 0.25) is 0 Å². The molecule has 0 aliphatic rings. The molecule has 0 unspecified atom stereocenters. The first-order valence-electron chi connectivity index (χ1n) is 6.72. The lowest BCUT2D eigenvalue weighted by molar-refractivity contribution is 0.0696. The summed E-state index contributed by atoms with van der Waals surface area (Å²) in [7, 11) is -3.67. The summed E-state index contributed by atoms with van der Waals surface area (Å²) in [5.74, 6) is -1.43. The van der Waals surface area contributed by atoms with Crippen LogP contribution in [0.4, 0.5) is 0 Å². The lowest BCUT2D eigenvalue weighted by atomic mass is 9.96. The molecule has 0 fully saturated rings.